The predicted octanol–water partition coefficient (Wildman–Crippen LogP) is 2.40. The molecule has 1 aliphatic rings. The van der Waals surface area contributed by atoms with E-state index in [2.05, 4.69) is 10.6 Å². The Bertz CT molecular complexity index is 830. The van der Waals surface area contributed by atoms with Gasteiger partial charge in [-0.1, -0.05) is 36.4 Å². The number of hydrogen-bond donors (Lipinski definition) is 2. The minimum Gasteiger partial charge on any atom is -0.326 e. The summed E-state index contributed by atoms with van der Waals surface area (Å²) in [5.41, 5.74) is 3.39. The van der Waals surface area contributed by atoms with E-state index in [4.69, 9.17) is 0 Å². The molecule has 128 valence electrons. The fraction of sp³-hybridized carbons (Fsp3) is 0.211. The van der Waals surface area contributed by atoms with Crippen molar-refractivity contribution >= 4 is 23.5 Å². The number of rotatable bonds is 4. The fourth-order valence-electron chi connectivity index (χ4n) is 2.75. The first-order chi connectivity index (χ1) is 12.0. The molecular weight excluding hydrogens is 318 g/mol. The smallest absolute Gasteiger partial charge is 0.324 e. The molecule has 4 amide bonds. The third-order valence-electron chi connectivity index (χ3n) is 4.29. The van der Waals surface area contributed by atoms with E-state index in [1.807, 2.05) is 31.2 Å². The van der Waals surface area contributed by atoms with Gasteiger partial charge in [-0.3, -0.25) is 14.5 Å². The summed E-state index contributed by atoms with van der Waals surface area (Å²) in [5.74, 6) is -0.395. The van der Waals surface area contributed by atoms with Crippen LogP contribution in [0.1, 0.15) is 22.7 Å². The number of carbonyl (C=O) groups is 3. The van der Waals surface area contributed by atoms with Gasteiger partial charge < -0.3 is 10.6 Å². The van der Waals surface area contributed by atoms with Gasteiger partial charge in [-0.25, -0.2) is 4.79 Å². The van der Waals surface area contributed by atoms with Crippen molar-refractivity contribution < 1.29 is 14.4 Å². The molecule has 25 heavy (non-hydrogen) atoms. The molecule has 1 heterocycles. The van der Waals surface area contributed by atoms with Crippen molar-refractivity contribution in [1.29, 1.82) is 0 Å². The first kappa shape index (κ1) is 16.7. The Balaban J connectivity index is 1.65. The molecule has 0 aromatic heterocycles. The van der Waals surface area contributed by atoms with Crippen LogP contribution in [0.3, 0.4) is 0 Å². The van der Waals surface area contributed by atoms with Gasteiger partial charge in [0.25, 0.3) is 5.91 Å². The van der Waals surface area contributed by atoms with Crippen LogP contribution in [0, 0.1) is 6.92 Å². The Morgan fingerprint density at radius 1 is 1.12 bits per heavy atom. The highest BCUT2D eigenvalue weighted by Crippen LogP contribution is 2.22. The van der Waals surface area contributed by atoms with E-state index in [0.29, 0.717) is 17.7 Å². The van der Waals surface area contributed by atoms with Crippen LogP contribution in [0.4, 0.5) is 10.5 Å². The first-order valence-corrected chi connectivity index (χ1v) is 7.98. The maximum atomic E-state index is 12.2. The monoisotopic (exact) mass is 337 g/mol. The van der Waals surface area contributed by atoms with Gasteiger partial charge in [0.05, 0.1) is 6.42 Å². The van der Waals surface area contributed by atoms with E-state index in [9.17, 15) is 14.4 Å². The molecule has 0 saturated carbocycles. The van der Waals surface area contributed by atoms with Crippen LogP contribution < -0.4 is 10.6 Å². The number of urea groups is 1. The standard InChI is InChI=1S/C19H19N3O3/c1-12-5-3-4-6-14(12)11-16(23)20-15-9-7-13(8-10-15)17-18(24)22(2)19(25)21-17/h3-10,17H,11H2,1-2H3,(H,20,23)(H,21,25). The number of likely N-dealkylation sites (N-methyl/N-ethyl adjacent to an activating group) is 1. The molecule has 2 aromatic rings. The molecule has 0 aliphatic carbocycles. The second-order valence-electron chi connectivity index (χ2n) is 6.05. The largest absolute Gasteiger partial charge is 0.326 e. The van der Waals surface area contributed by atoms with Gasteiger partial charge in [0, 0.05) is 12.7 Å². The fourth-order valence-corrected chi connectivity index (χ4v) is 2.75. The average molecular weight is 337 g/mol. The van der Waals surface area contributed by atoms with Crippen LogP contribution >= 0.6 is 0 Å². The van der Waals surface area contributed by atoms with Crippen molar-refractivity contribution in [3.63, 3.8) is 0 Å². The molecule has 1 saturated heterocycles. The predicted molar refractivity (Wildman–Crippen MR) is 94.0 cm³/mol. The number of nitrogens with zero attached hydrogens (tertiary/aromatic N) is 1. The van der Waals surface area contributed by atoms with E-state index in [1.165, 1.54) is 7.05 Å². The second-order valence-corrected chi connectivity index (χ2v) is 6.05. The van der Waals surface area contributed by atoms with E-state index >= 15 is 0 Å². The molecule has 0 radical (unpaired) electrons. The normalized spacial score (nSPS) is 16.7. The van der Waals surface area contributed by atoms with Crippen molar-refractivity contribution in [3.05, 3.63) is 65.2 Å². The van der Waals surface area contributed by atoms with Crippen LogP contribution in [0.25, 0.3) is 0 Å². The Kier molecular flexibility index (Phi) is 4.52. The molecule has 1 fully saturated rings. The first-order valence-electron chi connectivity index (χ1n) is 7.98. The molecule has 1 aliphatic heterocycles. The zero-order valence-electron chi connectivity index (χ0n) is 14.1. The molecule has 6 nitrogen and oxygen atoms in total. The Hall–Kier alpha value is -3.15. The van der Waals surface area contributed by atoms with Gasteiger partial charge in [0.1, 0.15) is 6.04 Å². The summed E-state index contributed by atoms with van der Waals surface area (Å²) < 4.78 is 0. The van der Waals surface area contributed by atoms with Crippen molar-refractivity contribution in [3.8, 4) is 0 Å². The zero-order chi connectivity index (χ0) is 18.0. The van der Waals surface area contributed by atoms with Crippen LogP contribution in [0.5, 0.6) is 0 Å². The van der Waals surface area contributed by atoms with Crippen LogP contribution in [0.2, 0.25) is 0 Å². The molecule has 2 N–H and O–H groups in total. The van der Waals surface area contributed by atoms with Crippen molar-refractivity contribution in [2.75, 3.05) is 12.4 Å². The summed E-state index contributed by atoms with van der Waals surface area (Å²) in [7, 11) is 1.44. The van der Waals surface area contributed by atoms with E-state index < -0.39 is 12.1 Å². The molecule has 0 bridgehead atoms. The maximum Gasteiger partial charge on any atom is 0.324 e. The lowest BCUT2D eigenvalue weighted by Crippen LogP contribution is -2.25. The van der Waals surface area contributed by atoms with E-state index in [0.717, 1.165) is 16.0 Å². The Labute approximate surface area is 145 Å². The van der Waals surface area contributed by atoms with E-state index in [1.54, 1.807) is 24.3 Å². The molecule has 6 heteroatoms. The highest BCUT2D eigenvalue weighted by atomic mass is 16.2. The molecule has 1 unspecified atom stereocenters. The highest BCUT2D eigenvalue weighted by Gasteiger charge is 2.36. The quantitative estimate of drug-likeness (QED) is 0.841. The van der Waals surface area contributed by atoms with Gasteiger partial charge in [-0.2, -0.15) is 0 Å². The van der Waals surface area contributed by atoms with E-state index in [-0.39, 0.29) is 11.8 Å². The lowest BCUT2D eigenvalue weighted by atomic mass is 10.1. The van der Waals surface area contributed by atoms with Gasteiger partial charge in [0.2, 0.25) is 5.91 Å². The molecule has 1 atom stereocenters. The maximum absolute atomic E-state index is 12.2. The molecule has 3 rings (SSSR count). The third kappa shape index (κ3) is 3.52. The molecule has 2 aromatic carbocycles. The van der Waals surface area contributed by atoms with Crippen LogP contribution in [0.15, 0.2) is 48.5 Å². The SMILES string of the molecule is Cc1ccccc1CC(=O)Nc1ccc(C2NC(=O)N(C)C2=O)cc1. The van der Waals surface area contributed by atoms with Crippen molar-refractivity contribution in [1.82, 2.24) is 10.2 Å². The minimum atomic E-state index is -0.672. The molecule has 0 spiro atoms. The van der Waals surface area contributed by atoms with Gasteiger partial charge in [-0.05, 0) is 35.7 Å². The number of nitrogens with one attached hydrogen (secondary N) is 2. The second kappa shape index (κ2) is 6.76. The van der Waals surface area contributed by atoms with Gasteiger partial charge in [-0.15, -0.1) is 0 Å². The van der Waals surface area contributed by atoms with Crippen LogP contribution in [-0.4, -0.2) is 29.8 Å². The summed E-state index contributed by atoms with van der Waals surface area (Å²) in [6.45, 7) is 1.97. The number of hydrogen-bond acceptors (Lipinski definition) is 3. The summed E-state index contributed by atoms with van der Waals surface area (Å²) in [6.07, 6.45) is 0.302. The minimum absolute atomic E-state index is 0.105. The zero-order valence-corrected chi connectivity index (χ0v) is 14.1. The Morgan fingerprint density at radius 3 is 2.40 bits per heavy atom. The topological polar surface area (TPSA) is 78.5 Å². The van der Waals surface area contributed by atoms with Gasteiger partial charge in [0.15, 0.2) is 0 Å². The average Bonchev–Trinajstić information content (AvgIpc) is 2.85. The summed E-state index contributed by atoms with van der Waals surface area (Å²) in [5, 5.41) is 5.46. The summed E-state index contributed by atoms with van der Waals surface area (Å²) in [6, 6.07) is 13.6. The van der Waals surface area contributed by atoms with Crippen molar-refractivity contribution in [2.45, 2.75) is 19.4 Å². The lowest BCUT2D eigenvalue weighted by Gasteiger charge is -2.11. The number of carbonyl (C=O) groups excluding carboxylic acids is 3. The number of amides is 4. The lowest BCUT2D eigenvalue weighted by molar-refractivity contribution is -0.126. The van der Waals surface area contributed by atoms with Crippen LogP contribution in [-0.2, 0) is 16.0 Å². The number of anilines is 1. The van der Waals surface area contributed by atoms with Crippen molar-refractivity contribution in [2.24, 2.45) is 0 Å². The number of benzene rings is 2. The highest BCUT2D eigenvalue weighted by molar-refractivity contribution is 6.04. The summed E-state index contributed by atoms with van der Waals surface area (Å²) in [4.78, 5) is 36.7. The third-order valence-corrected chi connectivity index (χ3v) is 4.29. The number of imide groups is 1. The summed E-state index contributed by atoms with van der Waals surface area (Å²) >= 11 is 0. The number of aryl methyl sites for hydroxylation is 1. The molecular formula is C19H19N3O3. The van der Waals surface area contributed by atoms with Gasteiger partial charge >= 0.3 is 6.03 Å². The Morgan fingerprint density at radius 2 is 1.80 bits per heavy atom.